The number of benzene rings is 6. The van der Waals surface area contributed by atoms with Gasteiger partial charge in [-0.15, -0.1) is 0 Å². The maximum atomic E-state index is 4.35. The fourth-order valence-corrected chi connectivity index (χ4v) is 11.7. The molecule has 0 N–H and O–H groups in total. The van der Waals surface area contributed by atoms with Crippen molar-refractivity contribution in [2.24, 2.45) is 0 Å². The maximum Gasteiger partial charge on any atom is 0.241 e. The summed E-state index contributed by atoms with van der Waals surface area (Å²) in [6.07, 6.45) is 11.5. The van der Waals surface area contributed by atoms with E-state index in [4.69, 9.17) is 0 Å². The summed E-state index contributed by atoms with van der Waals surface area (Å²) in [7, 11) is -2.30. The van der Waals surface area contributed by atoms with E-state index in [1.165, 1.54) is 55.9 Å². The Morgan fingerprint density at radius 1 is 0.480 bits per heavy atom. The van der Waals surface area contributed by atoms with E-state index in [9.17, 15) is 0 Å². The first-order valence-electron chi connectivity index (χ1n) is 18.1. The van der Waals surface area contributed by atoms with Crippen LogP contribution in [0.2, 0.25) is 0 Å². The molecule has 1 heterocycles. The van der Waals surface area contributed by atoms with Crippen LogP contribution in [-0.2, 0) is 19.0 Å². The largest absolute Gasteiger partial charge is 0.339 e. The smallest absolute Gasteiger partial charge is 0.241 e. The molecule has 0 spiro atoms. The third kappa shape index (κ3) is 8.33. The molecule has 7 rings (SSSR count). The standard InChI is InChI=1S/C28H32N2Si.C18H15B/c1-3-8-24-12-16-27(17-13-24)31(23-30-21-20-29-22-30,26-10-6-5-7-11-26)28-18-14-25(9-4-2)15-19-28;1-4-10-16(11-5-1)19(17-12-6-2-7-13-17)18-14-8-3-9-15-18/h5-7,10-22H,3-4,8-9,23H2,1-2H3;1-15H. The molecule has 0 atom stereocenters. The Morgan fingerprint density at radius 2 is 0.860 bits per heavy atom. The fraction of sp³-hybridized carbons (Fsp3) is 0.152. The highest BCUT2D eigenvalue weighted by Gasteiger charge is 2.39. The molecule has 0 unspecified atom stereocenters. The Labute approximate surface area is 300 Å². The molecule has 6 aromatic carbocycles. The molecular formula is C46H47BN2Si. The minimum absolute atomic E-state index is 0.309. The van der Waals surface area contributed by atoms with E-state index in [-0.39, 0.29) is 0 Å². The van der Waals surface area contributed by atoms with E-state index in [0.29, 0.717) is 6.71 Å². The number of imidazole rings is 1. The van der Waals surface area contributed by atoms with Crippen LogP contribution in [0.4, 0.5) is 0 Å². The Hall–Kier alpha value is -5.19. The monoisotopic (exact) mass is 666 g/mol. The molecular weight excluding hydrogens is 619 g/mol. The SMILES string of the molecule is CCCc1ccc([Si](Cn2ccnc2)(c2ccccc2)c2ccc(CCC)cc2)cc1.c1ccc(B(c2ccccc2)c2ccccc2)cc1. The van der Waals surface area contributed by atoms with Crippen molar-refractivity contribution in [3.8, 4) is 0 Å². The Bertz CT molecular complexity index is 1820. The summed E-state index contributed by atoms with van der Waals surface area (Å²) in [5.41, 5.74) is 6.84. The van der Waals surface area contributed by atoms with Crippen LogP contribution in [0.15, 0.2) is 189 Å². The van der Waals surface area contributed by atoms with Gasteiger partial charge in [0.1, 0.15) is 0 Å². The van der Waals surface area contributed by atoms with Crippen LogP contribution < -0.4 is 31.9 Å². The molecule has 0 saturated carbocycles. The van der Waals surface area contributed by atoms with Crippen molar-refractivity contribution >= 4 is 46.7 Å². The van der Waals surface area contributed by atoms with Crippen molar-refractivity contribution in [1.29, 1.82) is 0 Å². The first-order valence-corrected chi connectivity index (χ1v) is 20.3. The number of aromatic nitrogens is 2. The highest BCUT2D eigenvalue weighted by molar-refractivity contribution is 7.10. The highest BCUT2D eigenvalue weighted by Crippen LogP contribution is 2.14. The molecule has 248 valence electrons. The second-order valence-corrected chi connectivity index (χ2v) is 16.9. The van der Waals surface area contributed by atoms with Crippen LogP contribution in [0.5, 0.6) is 0 Å². The summed E-state index contributed by atoms with van der Waals surface area (Å²) in [5.74, 6) is 0. The van der Waals surface area contributed by atoms with Gasteiger partial charge in [-0.2, -0.15) is 0 Å². The van der Waals surface area contributed by atoms with E-state index >= 15 is 0 Å². The van der Waals surface area contributed by atoms with E-state index in [0.717, 1.165) is 19.0 Å². The van der Waals surface area contributed by atoms with E-state index < -0.39 is 8.07 Å². The second kappa shape index (κ2) is 17.5. The van der Waals surface area contributed by atoms with Crippen LogP contribution in [-0.4, -0.2) is 24.3 Å². The van der Waals surface area contributed by atoms with Crippen LogP contribution in [0.25, 0.3) is 0 Å². The molecule has 0 amide bonds. The molecule has 0 aliphatic rings. The van der Waals surface area contributed by atoms with Gasteiger partial charge < -0.3 is 4.57 Å². The molecule has 1 aromatic heterocycles. The van der Waals surface area contributed by atoms with Gasteiger partial charge in [-0.05, 0) is 39.5 Å². The summed E-state index contributed by atoms with van der Waals surface area (Å²) in [6, 6.07) is 62.1. The van der Waals surface area contributed by atoms with Gasteiger partial charge in [0, 0.05) is 18.6 Å². The van der Waals surface area contributed by atoms with Gasteiger partial charge in [0.15, 0.2) is 8.07 Å². The summed E-state index contributed by atoms with van der Waals surface area (Å²) < 4.78 is 2.26. The topological polar surface area (TPSA) is 17.8 Å². The molecule has 7 aromatic rings. The lowest BCUT2D eigenvalue weighted by atomic mass is 9.37. The second-order valence-electron chi connectivity index (χ2n) is 13.1. The molecule has 0 bridgehead atoms. The minimum atomic E-state index is -2.30. The van der Waals surface area contributed by atoms with Crippen molar-refractivity contribution in [1.82, 2.24) is 9.55 Å². The van der Waals surface area contributed by atoms with Gasteiger partial charge in [0.05, 0.1) is 6.33 Å². The van der Waals surface area contributed by atoms with Crippen LogP contribution in [0, 0.1) is 0 Å². The minimum Gasteiger partial charge on any atom is -0.339 e. The molecule has 50 heavy (non-hydrogen) atoms. The van der Waals surface area contributed by atoms with Crippen molar-refractivity contribution in [3.63, 3.8) is 0 Å². The van der Waals surface area contributed by atoms with Gasteiger partial charge in [-0.3, -0.25) is 0 Å². The zero-order chi connectivity index (χ0) is 34.4. The quantitative estimate of drug-likeness (QED) is 0.105. The van der Waals surface area contributed by atoms with E-state index in [2.05, 4.69) is 199 Å². The van der Waals surface area contributed by atoms with Crippen molar-refractivity contribution < 1.29 is 0 Å². The van der Waals surface area contributed by atoms with Crippen molar-refractivity contribution in [2.45, 2.75) is 45.7 Å². The zero-order valence-electron chi connectivity index (χ0n) is 29.4. The Balaban J connectivity index is 0.000000194. The van der Waals surface area contributed by atoms with Crippen molar-refractivity contribution in [3.05, 3.63) is 200 Å². The van der Waals surface area contributed by atoms with Crippen molar-refractivity contribution in [2.75, 3.05) is 0 Å². The number of aryl methyl sites for hydroxylation is 2. The van der Waals surface area contributed by atoms with E-state index in [1.807, 2.05) is 12.5 Å². The first-order chi connectivity index (χ1) is 24.7. The molecule has 4 heteroatoms. The lowest BCUT2D eigenvalue weighted by Gasteiger charge is -2.34. The maximum absolute atomic E-state index is 4.35. The molecule has 0 saturated heterocycles. The molecule has 0 radical (unpaired) electrons. The Morgan fingerprint density at radius 3 is 1.22 bits per heavy atom. The summed E-state index contributed by atoms with van der Waals surface area (Å²) >= 11 is 0. The lowest BCUT2D eigenvalue weighted by Crippen LogP contribution is -2.69. The third-order valence-electron chi connectivity index (χ3n) is 9.62. The average molecular weight is 667 g/mol. The molecule has 0 fully saturated rings. The van der Waals surface area contributed by atoms with Gasteiger partial charge >= 0.3 is 0 Å². The van der Waals surface area contributed by atoms with Gasteiger partial charge in [0.25, 0.3) is 0 Å². The van der Waals surface area contributed by atoms with Gasteiger partial charge in [0.2, 0.25) is 6.71 Å². The Kier molecular flexibility index (Phi) is 12.1. The third-order valence-corrected chi connectivity index (χ3v) is 14.4. The van der Waals surface area contributed by atoms with Crippen LogP contribution >= 0.6 is 0 Å². The number of nitrogens with zero attached hydrogens (tertiary/aromatic N) is 2. The molecule has 0 aliphatic carbocycles. The van der Waals surface area contributed by atoms with E-state index in [1.54, 1.807) is 0 Å². The number of rotatable bonds is 12. The predicted molar refractivity (Wildman–Crippen MR) is 218 cm³/mol. The van der Waals surface area contributed by atoms with Gasteiger partial charge in [-0.25, -0.2) is 4.98 Å². The number of hydrogen-bond acceptors (Lipinski definition) is 1. The average Bonchev–Trinajstić information content (AvgIpc) is 3.70. The summed E-state index contributed by atoms with van der Waals surface area (Å²) in [6.45, 7) is 4.80. The van der Waals surface area contributed by atoms with Crippen LogP contribution in [0.3, 0.4) is 0 Å². The zero-order valence-corrected chi connectivity index (χ0v) is 30.4. The van der Waals surface area contributed by atoms with Crippen LogP contribution in [0.1, 0.15) is 37.8 Å². The summed E-state index contributed by atoms with van der Waals surface area (Å²) in [4.78, 5) is 4.35. The number of hydrogen-bond donors (Lipinski definition) is 0. The molecule has 0 aliphatic heterocycles. The predicted octanol–water partition coefficient (Wildman–Crippen LogP) is 6.70. The highest BCUT2D eigenvalue weighted by atomic mass is 28.3. The summed E-state index contributed by atoms with van der Waals surface area (Å²) in [5, 5.41) is 4.35. The fourth-order valence-electron chi connectivity index (χ4n) is 7.15. The first kappa shape index (κ1) is 34.7. The lowest BCUT2D eigenvalue weighted by molar-refractivity contribution is 0.861. The van der Waals surface area contributed by atoms with Gasteiger partial charge in [-0.1, -0.05) is 213 Å². The normalized spacial score (nSPS) is 11.0. The molecule has 2 nitrogen and oxygen atoms in total.